The van der Waals surface area contributed by atoms with Gasteiger partial charge in [0.15, 0.2) is 61.7 Å². The second-order valence-corrected chi connectivity index (χ2v) is 59.2. The summed E-state index contributed by atoms with van der Waals surface area (Å²) in [5, 5.41) is 50.1. The van der Waals surface area contributed by atoms with E-state index in [2.05, 4.69) is 243 Å². The predicted octanol–water partition coefficient (Wildman–Crippen LogP) is 30.6. The summed E-state index contributed by atoms with van der Waals surface area (Å²) >= 11 is 37.4. The number of nitriles is 1. The molecule has 3 atom stereocenters. The summed E-state index contributed by atoms with van der Waals surface area (Å²) in [6.07, 6.45) is 60.9. The minimum Gasteiger partial charge on any atom is -0.476 e. The summed E-state index contributed by atoms with van der Waals surface area (Å²) < 4.78 is 22.3. The molecule has 3 unspecified atom stereocenters. The van der Waals surface area contributed by atoms with Gasteiger partial charge in [0.05, 0.1) is 64.9 Å². The van der Waals surface area contributed by atoms with E-state index in [1.807, 2.05) is 85.3 Å². The van der Waals surface area contributed by atoms with Crippen LogP contribution in [0.1, 0.15) is 364 Å². The lowest BCUT2D eigenvalue weighted by Crippen LogP contribution is -2.50. The lowest BCUT2D eigenvalue weighted by atomic mass is 9.69. The molecule has 7 aliphatic carbocycles. The van der Waals surface area contributed by atoms with Crippen LogP contribution >= 0.6 is 210 Å². The van der Waals surface area contributed by atoms with Crippen molar-refractivity contribution in [2.24, 2.45) is 34.0 Å². The Morgan fingerprint density at radius 1 is 0.427 bits per heavy atom. The molecule has 5 N–H and O–H groups in total. The van der Waals surface area contributed by atoms with E-state index in [1.165, 1.54) is 146 Å². The van der Waals surface area contributed by atoms with Crippen molar-refractivity contribution in [2.75, 3.05) is 56.9 Å². The molecule has 7 aliphatic rings. The third-order valence-corrected chi connectivity index (χ3v) is 41.1. The van der Waals surface area contributed by atoms with Gasteiger partial charge in [0.1, 0.15) is 52.2 Å². The number of aromatic nitrogens is 14. The van der Waals surface area contributed by atoms with Gasteiger partial charge in [-0.05, 0) is 311 Å². The van der Waals surface area contributed by atoms with Crippen molar-refractivity contribution < 1.29 is 62.8 Å². The number of hydrogen-bond acceptors (Lipinski definition) is 34. The molecule has 7 aromatic heterocycles. The van der Waals surface area contributed by atoms with Gasteiger partial charge in [-0.15, -0.1) is 0 Å². The minimum atomic E-state index is -2.16. The quantitative estimate of drug-likeness (QED) is 0.00797. The first kappa shape index (κ1) is 133. The Morgan fingerprint density at radius 2 is 0.740 bits per heavy atom. The number of nitrogens with one attached hydrogen (secondary N) is 2. The van der Waals surface area contributed by atoms with Gasteiger partial charge >= 0.3 is 18.2 Å². The van der Waals surface area contributed by atoms with E-state index in [9.17, 15) is 49.0 Å². The van der Waals surface area contributed by atoms with E-state index in [0.717, 1.165) is 191 Å². The number of carbonyl (C=O) groups excluding carboxylic acids is 6. The topological polar surface area (TPSA) is 436 Å². The van der Waals surface area contributed by atoms with Crippen LogP contribution < -0.4 is 10.6 Å². The summed E-state index contributed by atoms with van der Waals surface area (Å²) in [6.45, 7) is 23.3. The Kier molecular flexibility index (Phi) is 57.8. The Bertz CT molecular complexity index is 5570. The molecule has 14 rings (SSSR count). The first-order chi connectivity index (χ1) is 71.0. The first-order valence-corrected chi connectivity index (χ1v) is 68.7. The van der Waals surface area contributed by atoms with E-state index >= 15 is 0 Å². The number of hydrogen-bond donors (Lipinski definition) is 5. The van der Waals surface area contributed by atoms with Crippen LogP contribution in [0.2, 0.25) is 18.1 Å². The second-order valence-electron chi connectivity index (χ2n) is 41.5. The third kappa shape index (κ3) is 41.7. The van der Waals surface area contributed by atoms with Gasteiger partial charge in [-0.1, -0.05) is 254 Å². The largest absolute Gasteiger partial charge is 0.476 e. The van der Waals surface area contributed by atoms with Crippen LogP contribution in [0.3, 0.4) is 0 Å². The molecule has 2 amide bonds. The molecular formula is C104H147Br8N17O13S7Si. The van der Waals surface area contributed by atoms with Crippen LogP contribution in [0.25, 0.3) is 0 Å². The number of aromatic carboxylic acids is 1. The number of aldehydes is 1. The maximum absolute atomic E-state index is 12.7. The van der Waals surface area contributed by atoms with Crippen molar-refractivity contribution in [3.8, 4) is 6.07 Å². The Hall–Kier alpha value is -3.87. The normalized spacial score (nSPS) is 17.7. The Morgan fingerprint density at radius 3 is 1.13 bits per heavy atom. The summed E-state index contributed by atoms with van der Waals surface area (Å²) in [5.41, 5.74) is 0.876. The van der Waals surface area contributed by atoms with Gasteiger partial charge in [-0.2, -0.15) is 5.26 Å². The molecule has 0 spiro atoms. The highest BCUT2D eigenvalue weighted by molar-refractivity contribution is 9.11. The molecule has 30 nitrogen and oxygen atoms in total. The van der Waals surface area contributed by atoms with E-state index in [-0.39, 0.29) is 51.6 Å². The van der Waals surface area contributed by atoms with Crippen molar-refractivity contribution in [1.82, 2.24) is 80.4 Å². The molecule has 0 saturated heterocycles. The van der Waals surface area contributed by atoms with Crippen LogP contribution in [-0.2, 0) is 18.7 Å². The smallest absolute Gasteiger partial charge is 0.407 e. The number of amides is 2. The Labute approximate surface area is 984 Å². The highest BCUT2D eigenvalue weighted by atomic mass is 79.9. The van der Waals surface area contributed by atoms with E-state index < -0.39 is 58.9 Å². The zero-order valence-corrected chi connectivity index (χ0v) is 109. The van der Waals surface area contributed by atoms with Gasteiger partial charge in [-0.25, -0.2) is 84.2 Å². The van der Waals surface area contributed by atoms with Gasteiger partial charge in [0.25, 0.3) is 0 Å². The number of ketones is 3. The molecular weight excluding hydrogens is 2590 g/mol. The molecule has 0 aliphatic heterocycles. The number of ether oxygens (including phenoxy) is 2. The molecule has 0 radical (unpaired) electrons. The fourth-order valence-corrected chi connectivity index (χ4v) is 25.4. The number of halogens is 8. The van der Waals surface area contributed by atoms with Gasteiger partial charge in [0.2, 0.25) is 5.78 Å². The number of carboxylic acids is 1. The lowest BCUT2D eigenvalue weighted by Gasteiger charge is -2.48. The first-order valence-electron chi connectivity index (χ1n) is 50.8. The second kappa shape index (κ2) is 65.1. The van der Waals surface area contributed by atoms with Crippen LogP contribution in [0.15, 0.2) is 111 Å². The summed E-state index contributed by atoms with van der Waals surface area (Å²) in [5.74, 6) is -0.0574. The van der Waals surface area contributed by atoms with Crippen molar-refractivity contribution >= 4 is 260 Å². The molecule has 0 bridgehead atoms. The van der Waals surface area contributed by atoms with E-state index in [4.69, 9.17) is 24.0 Å². The highest BCUT2D eigenvalue weighted by Crippen LogP contribution is 2.54. The van der Waals surface area contributed by atoms with Gasteiger partial charge < -0.3 is 44.6 Å². The number of carbonyl (C=O) groups is 7. The zero-order chi connectivity index (χ0) is 111. The number of thioether (sulfide) groups is 7. The molecule has 7 heterocycles. The summed E-state index contributed by atoms with van der Waals surface area (Å²) in [7, 11) is -2.16. The summed E-state index contributed by atoms with van der Waals surface area (Å²) in [6, 6.07) is 2.24. The van der Waals surface area contributed by atoms with Crippen molar-refractivity contribution in [2.45, 2.75) is 375 Å². The number of carboxylic acid groups (broad SMARTS) is 1. The molecule has 7 saturated carbocycles. The summed E-state index contributed by atoms with van der Waals surface area (Å²) in [4.78, 5) is 143. The number of alkyl halides is 1. The molecule has 7 aromatic rings. The zero-order valence-electron chi connectivity index (χ0n) is 89.3. The van der Waals surface area contributed by atoms with Gasteiger partial charge in [0, 0.05) is 79.1 Å². The average molecular weight is 2740 g/mol. The molecule has 150 heavy (non-hydrogen) atoms. The number of alkyl carbamates (subject to hydrolysis) is 2. The minimum absolute atomic E-state index is 0.00523. The maximum Gasteiger partial charge on any atom is 0.407 e. The number of rotatable bonds is 27. The predicted molar refractivity (Wildman–Crippen MR) is 633 cm³/mol. The maximum atomic E-state index is 12.7. The fraction of sp³-hybridized carbons (Fsp3) is 0.654. The number of nitrogens with zero attached hydrogens (tertiary/aromatic N) is 15. The van der Waals surface area contributed by atoms with Crippen molar-refractivity contribution in [1.29, 1.82) is 5.26 Å². The third-order valence-electron chi connectivity index (χ3n) is 27.4. The number of aliphatic hydroxyl groups is 2. The number of Topliss-reactive ketones (excluding diaryl/α,β-unsaturated/α-hetero) is 3. The van der Waals surface area contributed by atoms with Gasteiger partial charge in [-0.3, -0.25) is 14.4 Å². The van der Waals surface area contributed by atoms with Crippen LogP contribution in [0.4, 0.5) is 9.59 Å². The van der Waals surface area contributed by atoms with Crippen molar-refractivity contribution in [3.05, 3.63) is 115 Å². The SMILES string of the molecule is CSc1ncc(Br)c(C(=O)C2(Br)CCCCC2)n1.CSc1ncc(Br)c(C(=O)C2(C#N)CCCCC2)n1.CSc1ncc(Br)c(C(=O)C2CCCCC2)n1.CSc1ncc(Br)c(C(=O)O)n1.CSc1ncc(Br)c(C(O)C2(CNC(=O)OC(C)(C)C)CCCCC2)n1.CSc1ncc(Br)c(C(O)C2CCCCC2)n1.CSc1ncc(Br)c(C(O[Si](C)(C)C(C)(C)C)C2(CNC(=O)OC(C)(C)C)CCCCC2)n1.O=CC1CCCCC1. The van der Waals surface area contributed by atoms with E-state index in [0.29, 0.717) is 109 Å². The average Bonchev–Trinajstić information content (AvgIpc) is 0.755. The number of aliphatic hydroxyl groups excluding tert-OH is 2. The van der Waals surface area contributed by atoms with Crippen molar-refractivity contribution in [3.63, 3.8) is 0 Å². The fourth-order valence-electron chi connectivity index (χ4n) is 18.2. The van der Waals surface area contributed by atoms with E-state index in [1.54, 1.807) is 37.2 Å². The molecule has 7 fully saturated rings. The molecule has 0 aromatic carbocycles. The van der Waals surface area contributed by atoms with Crippen LogP contribution in [0, 0.1) is 45.3 Å². The lowest BCUT2D eigenvalue weighted by molar-refractivity contribution is -0.111. The molecule has 46 heteroatoms. The molecule has 828 valence electrons. The highest BCUT2D eigenvalue weighted by Gasteiger charge is 2.51. The Balaban J connectivity index is 0.000000238. The monoisotopic (exact) mass is 2730 g/mol. The van der Waals surface area contributed by atoms with Crippen LogP contribution in [-0.4, -0.2) is 208 Å². The van der Waals surface area contributed by atoms with Crippen LogP contribution in [0.5, 0.6) is 0 Å². The standard InChI is InChI=1S/C24H42BrN3O3SSi.C18H28BrN3O3S.C13H14BrN3OS.C12H14Br2N2OS.C12H17BrN2OS.C12H15BrN2OS.C7H12O.C6H5BrN2O2S/c1-22(2,3)30-21(29)27-16-24(13-11-10-12-14-24)19(31-33(8,9)23(4,5)6)18-17(25)15-26-20(28-18)32-7;1-17(2,3)25-16(24)21-11-18(8-6-5-7-9-18)14(23)13-12(19)10-20-15(22-13)26-4;1-19-12-16-7-9(14)10(17-12)11(18)13(8-15)5-3-2-4-6-13;1-18-11-15-7-8(13)9(16-11)10(17)12(14)5-3-2-4-6-12;2*1-17-12-14-7-9(13)10(15-12)11(16)8-5-3-2-4-6-8;8-6-7-4-2-1-3-5-7;1-12-6-8-2-3(7)4(9-6)5(10)11/h15,19H,10-14,16H2,1-9H3,(H,27,29);10,14,23H,5-9,11H2,1-4H3,(H,21,24);7H,2-6H2,1H3;7H,2-6H2,1H3;7-8,11,16H,2-6H2,1H3;7-8H,2-6H2,1H3;6-7H,1-5H2;2H,1H3,(H,10,11).